The van der Waals surface area contributed by atoms with Gasteiger partial charge in [-0.1, -0.05) is 6.42 Å². The highest BCUT2D eigenvalue weighted by atomic mass is 79.9. The van der Waals surface area contributed by atoms with Crippen molar-refractivity contribution in [2.45, 2.75) is 38.8 Å². The molecular weight excluding hydrogens is 336 g/mol. The standard InChI is InChI=1S/C11H17BrN2O2S2/c1-9-4-2-3-5-14(9)18(15,16)13-7-11-6-10(12)8-17-11/h6,8-9,13H,2-5,7H2,1H3. The maximum atomic E-state index is 12.2. The Kier molecular flexibility index (Phi) is 4.82. The number of thiophene rings is 1. The highest BCUT2D eigenvalue weighted by molar-refractivity contribution is 9.10. The number of piperidine rings is 1. The third-order valence-corrected chi connectivity index (χ3v) is 6.47. The van der Waals surface area contributed by atoms with Crippen LogP contribution in [0.15, 0.2) is 15.9 Å². The molecule has 1 aliphatic heterocycles. The van der Waals surface area contributed by atoms with Gasteiger partial charge in [0.15, 0.2) is 0 Å². The van der Waals surface area contributed by atoms with Gasteiger partial charge in [0.25, 0.3) is 10.2 Å². The van der Waals surface area contributed by atoms with Crippen LogP contribution in [0, 0.1) is 0 Å². The number of nitrogens with zero attached hydrogens (tertiary/aromatic N) is 1. The second-order valence-electron chi connectivity index (χ2n) is 4.51. The molecule has 1 aromatic rings. The van der Waals surface area contributed by atoms with Gasteiger partial charge in [-0.3, -0.25) is 0 Å². The van der Waals surface area contributed by atoms with E-state index in [0.29, 0.717) is 13.1 Å². The van der Waals surface area contributed by atoms with Crippen molar-refractivity contribution < 1.29 is 8.42 Å². The molecule has 1 saturated heterocycles. The van der Waals surface area contributed by atoms with E-state index in [0.717, 1.165) is 28.6 Å². The second kappa shape index (κ2) is 6.00. The Hall–Kier alpha value is 0.0500. The first-order chi connectivity index (χ1) is 8.49. The van der Waals surface area contributed by atoms with Gasteiger partial charge in [0.1, 0.15) is 0 Å². The van der Waals surface area contributed by atoms with Crippen LogP contribution in [-0.4, -0.2) is 25.3 Å². The summed E-state index contributed by atoms with van der Waals surface area (Å²) in [7, 11) is -3.35. The van der Waals surface area contributed by atoms with Crippen molar-refractivity contribution in [3.05, 3.63) is 20.8 Å². The normalized spacial score (nSPS) is 22.2. The molecule has 1 unspecified atom stereocenters. The minimum absolute atomic E-state index is 0.103. The third kappa shape index (κ3) is 3.54. The molecule has 2 heterocycles. The molecule has 0 aliphatic carbocycles. The Morgan fingerprint density at radius 3 is 2.94 bits per heavy atom. The van der Waals surface area contributed by atoms with E-state index >= 15 is 0 Å². The van der Waals surface area contributed by atoms with Crippen LogP contribution in [0.25, 0.3) is 0 Å². The lowest BCUT2D eigenvalue weighted by atomic mass is 10.1. The number of hydrogen-bond donors (Lipinski definition) is 1. The lowest BCUT2D eigenvalue weighted by Gasteiger charge is -2.32. The first kappa shape index (κ1) is 14.5. The van der Waals surface area contributed by atoms with Crippen molar-refractivity contribution in [2.75, 3.05) is 6.54 Å². The quantitative estimate of drug-likeness (QED) is 0.905. The summed E-state index contributed by atoms with van der Waals surface area (Å²) < 4.78 is 29.6. The summed E-state index contributed by atoms with van der Waals surface area (Å²) in [5.41, 5.74) is 0. The molecule has 1 N–H and O–H groups in total. The molecule has 7 heteroatoms. The Bertz CT molecular complexity index is 501. The summed E-state index contributed by atoms with van der Waals surface area (Å²) >= 11 is 4.91. The minimum Gasteiger partial charge on any atom is -0.197 e. The first-order valence-corrected chi connectivity index (χ1v) is 9.09. The van der Waals surface area contributed by atoms with Crippen LogP contribution in [0.3, 0.4) is 0 Å². The molecule has 0 saturated carbocycles. The second-order valence-corrected chi connectivity index (χ2v) is 8.13. The predicted molar refractivity (Wildman–Crippen MR) is 77.8 cm³/mol. The Labute approximate surface area is 121 Å². The van der Waals surface area contributed by atoms with E-state index in [-0.39, 0.29) is 6.04 Å². The van der Waals surface area contributed by atoms with Crippen molar-refractivity contribution >= 4 is 37.5 Å². The van der Waals surface area contributed by atoms with E-state index in [1.165, 1.54) is 0 Å². The SMILES string of the molecule is CC1CCCCN1S(=O)(=O)NCc1cc(Br)cs1. The summed E-state index contributed by atoms with van der Waals surface area (Å²) in [6, 6.07) is 2.04. The van der Waals surface area contributed by atoms with Crippen LogP contribution in [0.2, 0.25) is 0 Å². The molecule has 4 nitrogen and oxygen atoms in total. The maximum absolute atomic E-state index is 12.2. The molecule has 0 radical (unpaired) electrons. The number of hydrogen-bond acceptors (Lipinski definition) is 3. The van der Waals surface area contributed by atoms with Crippen molar-refractivity contribution in [2.24, 2.45) is 0 Å². The van der Waals surface area contributed by atoms with Gasteiger partial charge in [-0.05, 0) is 41.8 Å². The smallest absolute Gasteiger partial charge is 0.197 e. The average Bonchev–Trinajstić information content (AvgIpc) is 2.73. The van der Waals surface area contributed by atoms with Gasteiger partial charge in [0, 0.05) is 33.9 Å². The Morgan fingerprint density at radius 2 is 2.33 bits per heavy atom. The van der Waals surface area contributed by atoms with Crippen LogP contribution in [0.5, 0.6) is 0 Å². The van der Waals surface area contributed by atoms with Crippen LogP contribution >= 0.6 is 27.3 Å². The zero-order chi connectivity index (χ0) is 13.2. The van der Waals surface area contributed by atoms with E-state index in [1.807, 2.05) is 18.4 Å². The highest BCUT2D eigenvalue weighted by Gasteiger charge is 2.29. The summed E-state index contributed by atoms with van der Waals surface area (Å²) in [6.45, 7) is 2.96. The van der Waals surface area contributed by atoms with E-state index in [2.05, 4.69) is 20.7 Å². The van der Waals surface area contributed by atoms with Gasteiger partial charge >= 0.3 is 0 Å². The molecule has 1 aromatic heterocycles. The minimum atomic E-state index is -3.35. The fraction of sp³-hybridized carbons (Fsp3) is 0.636. The molecule has 0 bridgehead atoms. The lowest BCUT2D eigenvalue weighted by Crippen LogP contribution is -2.47. The van der Waals surface area contributed by atoms with E-state index in [4.69, 9.17) is 0 Å². The highest BCUT2D eigenvalue weighted by Crippen LogP contribution is 2.21. The van der Waals surface area contributed by atoms with Gasteiger partial charge in [-0.15, -0.1) is 11.3 Å². The van der Waals surface area contributed by atoms with Crippen molar-refractivity contribution in [3.8, 4) is 0 Å². The summed E-state index contributed by atoms with van der Waals surface area (Å²) in [5.74, 6) is 0. The average molecular weight is 353 g/mol. The number of halogens is 1. The Balaban J connectivity index is 1.98. The fourth-order valence-electron chi connectivity index (χ4n) is 2.12. The van der Waals surface area contributed by atoms with Gasteiger partial charge in [-0.2, -0.15) is 17.4 Å². The maximum Gasteiger partial charge on any atom is 0.280 e. The van der Waals surface area contributed by atoms with Gasteiger partial charge in [-0.25, -0.2) is 0 Å². The first-order valence-electron chi connectivity index (χ1n) is 5.98. The number of nitrogens with one attached hydrogen (secondary N) is 1. The molecule has 1 aliphatic rings. The van der Waals surface area contributed by atoms with Crippen LogP contribution in [0.4, 0.5) is 0 Å². The zero-order valence-corrected chi connectivity index (χ0v) is 13.4. The lowest BCUT2D eigenvalue weighted by molar-refractivity contribution is 0.265. The van der Waals surface area contributed by atoms with Crippen LogP contribution in [0.1, 0.15) is 31.1 Å². The van der Waals surface area contributed by atoms with Crippen LogP contribution < -0.4 is 4.72 Å². The third-order valence-electron chi connectivity index (χ3n) is 3.10. The topological polar surface area (TPSA) is 49.4 Å². The van der Waals surface area contributed by atoms with Crippen LogP contribution in [-0.2, 0) is 16.8 Å². The molecule has 0 aromatic carbocycles. The summed E-state index contributed by atoms with van der Waals surface area (Å²) in [4.78, 5) is 1.01. The van der Waals surface area contributed by atoms with Gasteiger partial charge in [0.05, 0.1) is 0 Å². The van der Waals surface area contributed by atoms with E-state index < -0.39 is 10.2 Å². The van der Waals surface area contributed by atoms with Gasteiger partial charge < -0.3 is 0 Å². The number of rotatable bonds is 4. The molecule has 102 valence electrons. The Morgan fingerprint density at radius 1 is 1.56 bits per heavy atom. The van der Waals surface area contributed by atoms with Crippen molar-refractivity contribution in [1.29, 1.82) is 0 Å². The molecule has 0 spiro atoms. The summed E-state index contributed by atoms with van der Waals surface area (Å²) in [5, 5.41) is 1.95. The molecule has 1 atom stereocenters. The summed E-state index contributed by atoms with van der Waals surface area (Å²) in [6.07, 6.45) is 3.02. The predicted octanol–water partition coefficient (Wildman–Crippen LogP) is 2.72. The molecular formula is C11H17BrN2O2S2. The van der Waals surface area contributed by atoms with E-state index in [9.17, 15) is 8.42 Å². The monoisotopic (exact) mass is 352 g/mol. The molecule has 0 amide bonds. The van der Waals surface area contributed by atoms with E-state index in [1.54, 1.807) is 15.6 Å². The zero-order valence-electron chi connectivity index (χ0n) is 10.2. The molecule has 18 heavy (non-hydrogen) atoms. The fourth-order valence-corrected chi connectivity index (χ4v) is 5.06. The van der Waals surface area contributed by atoms with Gasteiger partial charge in [0.2, 0.25) is 0 Å². The molecule has 2 rings (SSSR count). The van der Waals surface area contributed by atoms with Crippen molar-refractivity contribution in [3.63, 3.8) is 0 Å². The molecule has 1 fully saturated rings. The van der Waals surface area contributed by atoms with Crippen molar-refractivity contribution in [1.82, 2.24) is 9.03 Å². The largest absolute Gasteiger partial charge is 0.280 e.